The number of ether oxygens (including phenoxy) is 1. The molecular formula is C30H47NO. The van der Waals surface area contributed by atoms with Crippen LogP contribution in [0.15, 0.2) is 71.7 Å². The lowest BCUT2D eigenvalue weighted by molar-refractivity contribution is -0.0198. The van der Waals surface area contributed by atoms with Crippen molar-refractivity contribution in [2.24, 2.45) is 29.6 Å². The number of hydrogen-bond acceptors (Lipinski definition) is 2. The van der Waals surface area contributed by atoms with Gasteiger partial charge in [0.25, 0.3) is 0 Å². The molecule has 1 heterocycles. The van der Waals surface area contributed by atoms with Crippen molar-refractivity contribution in [2.75, 3.05) is 0 Å². The van der Waals surface area contributed by atoms with Crippen LogP contribution in [0.3, 0.4) is 0 Å². The minimum absolute atomic E-state index is 0.0329. The molecular weight excluding hydrogens is 390 g/mol. The molecule has 0 bridgehead atoms. The Morgan fingerprint density at radius 2 is 1.81 bits per heavy atom. The van der Waals surface area contributed by atoms with Gasteiger partial charge in [0.1, 0.15) is 6.23 Å². The molecule has 0 aromatic carbocycles. The molecule has 0 amide bonds. The molecule has 4 atom stereocenters. The highest BCUT2D eigenvalue weighted by Crippen LogP contribution is 2.40. The topological polar surface area (TPSA) is 12.5 Å². The molecule has 1 aliphatic carbocycles. The van der Waals surface area contributed by atoms with E-state index < -0.39 is 0 Å². The predicted octanol–water partition coefficient (Wildman–Crippen LogP) is 8.43. The molecule has 0 aromatic heterocycles. The molecule has 0 radical (unpaired) electrons. The summed E-state index contributed by atoms with van der Waals surface area (Å²) in [6.45, 7) is 28.5. The summed E-state index contributed by atoms with van der Waals surface area (Å²) in [7, 11) is 0. The first-order valence-electron chi connectivity index (χ1n) is 12.5. The van der Waals surface area contributed by atoms with E-state index in [-0.39, 0.29) is 12.3 Å². The fourth-order valence-electron chi connectivity index (χ4n) is 4.73. The second-order valence-electron chi connectivity index (χ2n) is 10.8. The quantitative estimate of drug-likeness (QED) is 0.336. The minimum atomic E-state index is 0.0329. The summed E-state index contributed by atoms with van der Waals surface area (Å²) in [5.74, 6) is 2.54. The molecule has 1 saturated heterocycles. The van der Waals surface area contributed by atoms with E-state index in [1.54, 1.807) is 5.57 Å². The number of allylic oxidation sites excluding steroid dienone is 7. The highest BCUT2D eigenvalue weighted by atomic mass is 16.5. The largest absolute Gasteiger partial charge is 0.354 e. The molecule has 0 saturated carbocycles. The third-order valence-electron chi connectivity index (χ3n) is 7.12. The number of rotatable bonds is 9. The maximum Gasteiger partial charge on any atom is 0.134 e. The monoisotopic (exact) mass is 437 g/mol. The van der Waals surface area contributed by atoms with Crippen molar-refractivity contribution in [1.82, 2.24) is 4.90 Å². The number of nitrogens with zero attached hydrogens (tertiary/aromatic N) is 1. The normalized spacial score (nSPS) is 26.8. The summed E-state index contributed by atoms with van der Waals surface area (Å²) in [6.07, 6.45) is 13.6. The Morgan fingerprint density at radius 1 is 1.16 bits per heavy atom. The highest BCUT2D eigenvalue weighted by Gasteiger charge is 2.36. The minimum Gasteiger partial charge on any atom is -0.354 e. The summed E-state index contributed by atoms with van der Waals surface area (Å²) >= 11 is 0. The van der Waals surface area contributed by atoms with E-state index in [1.165, 1.54) is 11.1 Å². The molecule has 0 N–H and O–H groups in total. The van der Waals surface area contributed by atoms with Crippen LogP contribution in [-0.2, 0) is 4.74 Å². The summed E-state index contributed by atoms with van der Waals surface area (Å²) in [5, 5.41) is 0. The summed E-state index contributed by atoms with van der Waals surface area (Å²) in [5.41, 5.74) is 6.75. The standard InChI is InChI=1S/C30H47NO/c1-12-31(18-24(11)19(2)3)30-15-23(10)29(32-30)17-28-26(21(6)7)14-13-25(20(4)5)16-27(28)22(8)9/h12-14,16,18,20-23,26,29-30H,1-2,15,17H2,3-11H3/b24-18-/t23-,26?,29?,30?/m0/s1. The molecule has 2 heteroatoms. The van der Waals surface area contributed by atoms with Gasteiger partial charge in [0, 0.05) is 12.1 Å². The van der Waals surface area contributed by atoms with Crippen molar-refractivity contribution in [3.8, 4) is 0 Å². The van der Waals surface area contributed by atoms with E-state index in [1.807, 2.05) is 13.1 Å². The second kappa shape index (κ2) is 11.4. The Bertz CT molecular complexity index is 805. The second-order valence-corrected chi connectivity index (χ2v) is 10.8. The molecule has 0 aromatic rings. The SMILES string of the molecule is C=CN(/C=C(/C)C(=C)C)C1C[C@H](C)C(CC2=C(C(C)C)C=C(C(C)C)C=CC2C(C)C)O1. The summed E-state index contributed by atoms with van der Waals surface area (Å²) < 4.78 is 6.68. The first-order valence-corrected chi connectivity index (χ1v) is 12.5. The summed E-state index contributed by atoms with van der Waals surface area (Å²) in [6, 6.07) is 0. The van der Waals surface area contributed by atoms with E-state index >= 15 is 0 Å². The molecule has 2 aliphatic rings. The molecule has 178 valence electrons. The van der Waals surface area contributed by atoms with Crippen LogP contribution in [0.2, 0.25) is 0 Å². The third-order valence-corrected chi connectivity index (χ3v) is 7.12. The zero-order valence-electron chi connectivity index (χ0n) is 22.1. The molecule has 2 rings (SSSR count). The van der Waals surface area contributed by atoms with Gasteiger partial charge >= 0.3 is 0 Å². The van der Waals surface area contributed by atoms with Crippen LogP contribution in [0.4, 0.5) is 0 Å². The highest BCUT2D eigenvalue weighted by molar-refractivity contribution is 5.42. The zero-order chi connectivity index (χ0) is 24.2. The van der Waals surface area contributed by atoms with Crippen molar-refractivity contribution in [1.29, 1.82) is 0 Å². The summed E-state index contributed by atoms with van der Waals surface area (Å²) in [4.78, 5) is 2.13. The van der Waals surface area contributed by atoms with E-state index in [4.69, 9.17) is 4.74 Å². The van der Waals surface area contributed by atoms with Crippen molar-refractivity contribution in [2.45, 2.75) is 87.5 Å². The van der Waals surface area contributed by atoms with Gasteiger partial charge < -0.3 is 9.64 Å². The van der Waals surface area contributed by atoms with Crippen molar-refractivity contribution in [3.63, 3.8) is 0 Å². The first-order chi connectivity index (χ1) is 15.0. The van der Waals surface area contributed by atoms with Crippen LogP contribution in [0.5, 0.6) is 0 Å². The van der Waals surface area contributed by atoms with Gasteiger partial charge in [0.2, 0.25) is 0 Å². The van der Waals surface area contributed by atoms with Gasteiger partial charge in [-0.3, -0.25) is 0 Å². The van der Waals surface area contributed by atoms with Gasteiger partial charge in [-0.1, -0.05) is 91.0 Å². The Balaban J connectivity index is 2.37. The van der Waals surface area contributed by atoms with Crippen LogP contribution in [0.25, 0.3) is 0 Å². The van der Waals surface area contributed by atoms with Crippen molar-refractivity contribution in [3.05, 3.63) is 71.7 Å². The van der Waals surface area contributed by atoms with E-state index in [0.29, 0.717) is 29.6 Å². The molecule has 0 spiro atoms. The van der Waals surface area contributed by atoms with E-state index in [9.17, 15) is 0 Å². The fourth-order valence-corrected chi connectivity index (χ4v) is 4.73. The van der Waals surface area contributed by atoms with Gasteiger partial charge in [0.15, 0.2) is 0 Å². The lowest BCUT2D eigenvalue weighted by Crippen LogP contribution is -2.27. The number of hydrogen-bond donors (Lipinski definition) is 0. The third kappa shape index (κ3) is 6.38. The molecule has 1 fully saturated rings. The van der Waals surface area contributed by atoms with Crippen molar-refractivity contribution < 1.29 is 4.74 Å². The van der Waals surface area contributed by atoms with Crippen molar-refractivity contribution >= 4 is 0 Å². The van der Waals surface area contributed by atoms with Crippen LogP contribution in [0.1, 0.15) is 75.2 Å². The fraction of sp³-hybridized carbons (Fsp3) is 0.600. The van der Waals surface area contributed by atoms with Gasteiger partial charge in [0.05, 0.1) is 6.10 Å². The maximum atomic E-state index is 6.68. The molecule has 1 aliphatic heterocycles. The average molecular weight is 438 g/mol. The maximum absolute atomic E-state index is 6.68. The average Bonchev–Trinajstić information content (AvgIpc) is 2.94. The Morgan fingerprint density at radius 3 is 2.31 bits per heavy atom. The first kappa shape index (κ1) is 26.5. The van der Waals surface area contributed by atoms with Gasteiger partial charge in [-0.25, -0.2) is 0 Å². The lowest BCUT2D eigenvalue weighted by Gasteiger charge is -2.29. The van der Waals surface area contributed by atoms with Crippen LogP contribution < -0.4 is 0 Å². The van der Waals surface area contributed by atoms with Gasteiger partial charge in [-0.15, -0.1) is 0 Å². The Labute approximate surface area is 198 Å². The zero-order valence-corrected chi connectivity index (χ0v) is 22.1. The lowest BCUT2D eigenvalue weighted by atomic mass is 9.79. The van der Waals surface area contributed by atoms with Gasteiger partial charge in [-0.05, 0) is 73.3 Å². The van der Waals surface area contributed by atoms with Crippen LogP contribution >= 0.6 is 0 Å². The van der Waals surface area contributed by atoms with Crippen LogP contribution in [-0.4, -0.2) is 17.2 Å². The van der Waals surface area contributed by atoms with E-state index in [0.717, 1.165) is 24.0 Å². The molecule has 3 unspecified atom stereocenters. The van der Waals surface area contributed by atoms with Crippen LogP contribution in [0, 0.1) is 29.6 Å². The predicted molar refractivity (Wildman–Crippen MR) is 140 cm³/mol. The molecule has 2 nitrogen and oxygen atoms in total. The Kier molecular flexibility index (Phi) is 9.40. The smallest absolute Gasteiger partial charge is 0.134 e. The van der Waals surface area contributed by atoms with E-state index in [2.05, 4.69) is 97.9 Å². The molecule has 32 heavy (non-hydrogen) atoms. The van der Waals surface area contributed by atoms with Gasteiger partial charge in [-0.2, -0.15) is 0 Å². The Hall–Kier alpha value is -1.80.